The Bertz CT molecular complexity index is 1020. The summed E-state index contributed by atoms with van der Waals surface area (Å²) < 4.78 is 0. The minimum atomic E-state index is -0.195. The van der Waals surface area contributed by atoms with E-state index in [-0.39, 0.29) is 35.7 Å². The quantitative estimate of drug-likeness (QED) is 0.635. The van der Waals surface area contributed by atoms with Gasteiger partial charge in [0.15, 0.2) is 0 Å². The Kier molecular flexibility index (Phi) is 8.56. The molecule has 1 heterocycles. The van der Waals surface area contributed by atoms with Crippen LogP contribution in [-0.2, 0) is 16.0 Å². The molecule has 1 saturated heterocycles. The number of piperidine rings is 1. The van der Waals surface area contributed by atoms with E-state index in [1.807, 2.05) is 66.4 Å². The highest BCUT2D eigenvalue weighted by Crippen LogP contribution is 2.23. The second-order valence-electron chi connectivity index (χ2n) is 9.96. The molecule has 1 aliphatic heterocycles. The standard InChI is InChI=1S/C29H37N3O3/c1-21-10-5-6-14-24(21)29(35)31-26-16-8-7-15-25(26)30-28(34)23-13-9-19-32(20-23)27(33)18-17-22-11-3-2-4-12-22/h2-6,10-12,14,23,25-26H,7-9,13,15-20H2,1H3,(H,30,34)(H,31,35)/t23?,25-,26-/m1/s1. The van der Waals surface area contributed by atoms with Crippen LogP contribution in [0.2, 0.25) is 0 Å². The second-order valence-corrected chi connectivity index (χ2v) is 9.96. The fourth-order valence-corrected chi connectivity index (χ4v) is 5.32. The number of likely N-dealkylation sites (tertiary alicyclic amines) is 1. The van der Waals surface area contributed by atoms with Crippen molar-refractivity contribution in [3.63, 3.8) is 0 Å². The molecule has 0 radical (unpaired) electrons. The molecule has 186 valence electrons. The smallest absolute Gasteiger partial charge is 0.251 e. The highest BCUT2D eigenvalue weighted by atomic mass is 16.2. The predicted molar refractivity (Wildman–Crippen MR) is 137 cm³/mol. The van der Waals surface area contributed by atoms with Crippen LogP contribution in [0.25, 0.3) is 0 Å². The van der Waals surface area contributed by atoms with E-state index in [9.17, 15) is 14.4 Å². The highest BCUT2D eigenvalue weighted by molar-refractivity contribution is 5.95. The number of nitrogens with zero attached hydrogens (tertiary/aromatic N) is 1. The van der Waals surface area contributed by atoms with Gasteiger partial charge in [0.2, 0.25) is 11.8 Å². The fraction of sp³-hybridized carbons (Fsp3) is 0.483. The average Bonchev–Trinajstić information content (AvgIpc) is 2.89. The van der Waals surface area contributed by atoms with Crippen LogP contribution in [0.15, 0.2) is 54.6 Å². The van der Waals surface area contributed by atoms with Gasteiger partial charge in [-0.1, -0.05) is 61.4 Å². The zero-order valence-electron chi connectivity index (χ0n) is 20.7. The summed E-state index contributed by atoms with van der Waals surface area (Å²) in [5.41, 5.74) is 2.78. The van der Waals surface area contributed by atoms with Gasteiger partial charge in [0.05, 0.1) is 5.92 Å². The van der Waals surface area contributed by atoms with Gasteiger partial charge in [-0.25, -0.2) is 0 Å². The topological polar surface area (TPSA) is 78.5 Å². The number of carbonyl (C=O) groups excluding carboxylic acids is 3. The van der Waals surface area contributed by atoms with Gasteiger partial charge in [-0.3, -0.25) is 14.4 Å². The van der Waals surface area contributed by atoms with Crippen LogP contribution in [0.4, 0.5) is 0 Å². The van der Waals surface area contributed by atoms with Gasteiger partial charge in [-0.05, 0) is 56.2 Å². The molecule has 2 aliphatic rings. The van der Waals surface area contributed by atoms with Crippen molar-refractivity contribution in [2.75, 3.05) is 13.1 Å². The van der Waals surface area contributed by atoms with Crippen molar-refractivity contribution >= 4 is 17.7 Å². The number of aryl methyl sites for hydroxylation is 2. The third kappa shape index (κ3) is 6.71. The van der Waals surface area contributed by atoms with Crippen LogP contribution in [0.3, 0.4) is 0 Å². The molecule has 3 amide bonds. The largest absolute Gasteiger partial charge is 0.351 e. The molecular weight excluding hydrogens is 438 g/mol. The zero-order valence-corrected chi connectivity index (χ0v) is 20.7. The van der Waals surface area contributed by atoms with Crippen molar-refractivity contribution in [3.05, 3.63) is 71.3 Å². The van der Waals surface area contributed by atoms with Gasteiger partial charge >= 0.3 is 0 Å². The normalized spacial score (nSPS) is 22.3. The summed E-state index contributed by atoms with van der Waals surface area (Å²) in [6, 6.07) is 17.5. The molecule has 0 spiro atoms. The summed E-state index contributed by atoms with van der Waals surface area (Å²) in [6.45, 7) is 3.13. The Morgan fingerprint density at radius 1 is 0.857 bits per heavy atom. The van der Waals surface area contributed by atoms with Gasteiger partial charge in [-0.2, -0.15) is 0 Å². The van der Waals surface area contributed by atoms with Crippen molar-refractivity contribution < 1.29 is 14.4 Å². The summed E-state index contributed by atoms with van der Waals surface area (Å²) in [5, 5.41) is 6.41. The number of hydrogen-bond donors (Lipinski definition) is 2. The van der Waals surface area contributed by atoms with Gasteiger partial charge in [-0.15, -0.1) is 0 Å². The molecular formula is C29H37N3O3. The van der Waals surface area contributed by atoms with E-state index in [0.29, 0.717) is 18.5 Å². The molecule has 6 heteroatoms. The number of carbonyl (C=O) groups is 3. The van der Waals surface area contributed by atoms with Gasteiger partial charge in [0.1, 0.15) is 0 Å². The highest BCUT2D eigenvalue weighted by Gasteiger charge is 2.33. The Morgan fingerprint density at radius 3 is 2.29 bits per heavy atom. The summed E-state index contributed by atoms with van der Waals surface area (Å²) in [5.74, 6) is -0.152. The molecule has 2 N–H and O–H groups in total. The second kappa shape index (κ2) is 12.0. The molecule has 2 aromatic rings. The summed E-state index contributed by atoms with van der Waals surface area (Å²) >= 11 is 0. The minimum absolute atomic E-state index is 0.00704. The number of rotatable bonds is 7. The first-order valence-electron chi connectivity index (χ1n) is 13.0. The van der Waals surface area contributed by atoms with Crippen LogP contribution in [0.5, 0.6) is 0 Å². The van der Waals surface area contributed by atoms with Crippen molar-refractivity contribution in [2.24, 2.45) is 5.92 Å². The van der Waals surface area contributed by atoms with E-state index >= 15 is 0 Å². The molecule has 4 rings (SSSR count). The number of benzene rings is 2. The van der Waals surface area contributed by atoms with E-state index in [1.165, 1.54) is 0 Å². The first-order chi connectivity index (χ1) is 17.0. The number of amides is 3. The molecule has 1 saturated carbocycles. The van der Waals surface area contributed by atoms with E-state index in [1.54, 1.807) is 0 Å². The van der Waals surface area contributed by atoms with E-state index in [4.69, 9.17) is 0 Å². The molecule has 1 aliphatic carbocycles. The molecule has 3 atom stereocenters. The maximum atomic E-state index is 13.2. The Balaban J connectivity index is 1.31. The maximum absolute atomic E-state index is 13.2. The third-order valence-corrected chi connectivity index (χ3v) is 7.42. The lowest BCUT2D eigenvalue weighted by molar-refractivity contribution is -0.136. The minimum Gasteiger partial charge on any atom is -0.351 e. The summed E-state index contributed by atoms with van der Waals surface area (Å²) in [6.07, 6.45) is 6.61. The summed E-state index contributed by atoms with van der Waals surface area (Å²) in [4.78, 5) is 40.8. The number of hydrogen-bond acceptors (Lipinski definition) is 3. The molecule has 1 unspecified atom stereocenters. The van der Waals surface area contributed by atoms with Crippen molar-refractivity contribution in [2.45, 2.75) is 70.4 Å². The van der Waals surface area contributed by atoms with E-state index in [0.717, 1.165) is 62.6 Å². The van der Waals surface area contributed by atoms with Crippen LogP contribution in [0.1, 0.15) is 66.4 Å². The van der Waals surface area contributed by atoms with Crippen LogP contribution < -0.4 is 10.6 Å². The summed E-state index contributed by atoms with van der Waals surface area (Å²) in [7, 11) is 0. The van der Waals surface area contributed by atoms with Crippen LogP contribution >= 0.6 is 0 Å². The van der Waals surface area contributed by atoms with E-state index in [2.05, 4.69) is 10.6 Å². The molecule has 2 aromatic carbocycles. The SMILES string of the molecule is Cc1ccccc1C(=O)N[C@@H]1CCCC[C@H]1NC(=O)C1CCCN(C(=O)CCc2ccccc2)C1. The van der Waals surface area contributed by atoms with Crippen LogP contribution in [-0.4, -0.2) is 47.8 Å². The van der Waals surface area contributed by atoms with Gasteiger partial charge in [0, 0.05) is 37.2 Å². The zero-order chi connectivity index (χ0) is 24.6. The van der Waals surface area contributed by atoms with E-state index < -0.39 is 0 Å². The molecule has 35 heavy (non-hydrogen) atoms. The third-order valence-electron chi connectivity index (χ3n) is 7.42. The maximum Gasteiger partial charge on any atom is 0.251 e. The predicted octanol–water partition coefficient (Wildman–Crippen LogP) is 4.02. The lowest BCUT2D eigenvalue weighted by atomic mass is 9.88. The van der Waals surface area contributed by atoms with Gasteiger partial charge in [0.25, 0.3) is 5.91 Å². The Hall–Kier alpha value is -3.15. The van der Waals surface area contributed by atoms with Crippen molar-refractivity contribution in [1.82, 2.24) is 15.5 Å². The average molecular weight is 476 g/mol. The Morgan fingerprint density at radius 2 is 1.54 bits per heavy atom. The first kappa shape index (κ1) is 25.0. The molecule has 0 aromatic heterocycles. The lowest BCUT2D eigenvalue weighted by Crippen LogP contribution is -2.55. The molecule has 2 fully saturated rings. The Labute approximate surface area is 208 Å². The fourth-order valence-electron chi connectivity index (χ4n) is 5.32. The van der Waals surface area contributed by atoms with Crippen molar-refractivity contribution in [1.29, 1.82) is 0 Å². The van der Waals surface area contributed by atoms with Crippen LogP contribution in [0, 0.1) is 12.8 Å². The molecule has 6 nitrogen and oxygen atoms in total. The first-order valence-corrected chi connectivity index (χ1v) is 13.0. The van der Waals surface area contributed by atoms with Crippen molar-refractivity contribution in [3.8, 4) is 0 Å². The van der Waals surface area contributed by atoms with Gasteiger partial charge < -0.3 is 15.5 Å². The monoisotopic (exact) mass is 475 g/mol. The lowest BCUT2D eigenvalue weighted by Gasteiger charge is -2.36. The number of nitrogens with one attached hydrogen (secondary N) is 2. The molecule has 0 bridgehead atoms.